The molecule has 3 aromatic rings. The highest BCUT2D eigenvalue weighted by molar-refractivity contribution is 7.93. The first-order chi connectivity index (χ1) is 16.8. The molecule has 0 N–H and O–H groups in total. The lowest BCUT2D eigenvalue weighted by Gasteiger charge is -2.29. The molecule has 3 aromatic carbocycles. The lowest BCUT2D eigenvalue weighted by atomic mass is 9.86. The van der Waals surface area contributed by atoms with E-state index >= 15 is 0 Å². The van der Waals surface area contributed by atoms with Crippen molar-refractivity contribution in [3.8, 4) is 0 Å². The summed E-state index contributed by atoms with van der Waals surface area (Å²) in [5.74, 6) is -1.56. The Morgan fingerprint density at radius 2 is 1.69 bits per heavy atom. The fourth-order valence-electron chi connectivity index (χ4n) is 3.62. The number of hydrogen-bond acceptors (Lipinski definition) is 4. The molecule has 4 nitrogen and oxygen atoms in total. The van der Waals surface area contributed by atoms with Crippen molar-refractivity contribution in [2.45, 2.75) is 29.6 Å². The Morgan fingerprint density at radius 1 is 1.06 bits per heavy atom. The summed E-state index contributed by atoms with van der Waals surface area (Å²) in [7, 11) is -2.86. The Hall–Kier alpha value is -2.69. The molecule has 4 rings (SSSR count). The van der Waals surface area contributed by atoms with Crippen LogP contribution in [0.15, 0.2) is 75.1 Å². The molecular weight excluding hydrogens is 546 g/mol. The Balaban J connectivity index is 1.57. The lowest BCUT2D eigenvalue weighted by molar-refractivity contribution is -0.275. The topological polar surface area (TPSA) is 51.0 Å². The monoisotopic (exact) mass is 562 g/mol. The summed E-state index contributed by atoms with van der Waals surface area (Å²) in [5, 5.41) is 2.51. The molecular formula is C24H17Cl2F5N2O2S. The average molecular weight is 563 g/mol. The SMILES string of the molecule is CS(=O)(=NCc1ccc(C2=NOC(c3cc(Cl)c(F)c(Cl)c3)(C(F)(F)F)C2)cc1)c1cccc(F)c1. The fraction of sp³-hybridized carbons (Fsp3) is 0.208. The van der Waals surface area contributed by atoms with Crippen LogP contribution in [0.4, 0.5) is 22.0 Å². The van der Waals surface area contributed by atoms with Gasteiger partial charge in [-0.2, -0.15) is 13.2 Å². The Labute approximate surface area is 213 Å². The van der Waals surface area contributed by atoms with Crippen molar-refractivity contribution in [1.82, 2.24) is 0 Å². The van der Waals surface area contributed by atoms with Crippen LogP contribution < -0.4 is 0 Å². The Kier molecular flexibility index (Phi) is 7.07. The van der Waals surface area contributed by atoms with Gasteiger partial charge in [0.05, 0.1) is 36.9 Å². The molecule has 36 heavy (non-hydrogen) atoms. The highest BCUT2D eigenvalue weighted by Crippen LogP contribution is 2.50. The van der Waals surface area contributed by atoms with E-state index in [2.05, 4.69) is 9.52 Å². The van der Waals surface area contributed by atoms with Crippen LogP contribution in [0.25, 0.3) is 0 Å². The highest BCUT2D eigenvalue weighted by atomic mass is 35.5. The second-order valence-electron chi connectivity index (χ2n) is 8.13. The minimum Gasteiger partial charge on any atom is -0.374 e. The van der Waals surface area contributed by atoms with Gasteiger partial charge in [0.15, 0.2) is 5.82 Å². The molecule has 1 aliphatic heterocycles. The molecule has 190 valence electrons. The third kappa shape index (κ3) is 5.07. The van der Waals surface area contributed by atoms with Crippen LogP contribution in [-0.4, -0.2) is 22.4 Å². The van der Waals surface area contributed by atoms with E-state index in [-0.39, 0.29) is 17.2 Å². The van der Waals surface area contributed by atoms with Crippen molar-refractivity contribution in [3.05, 3.63) is 99.0 Å². The van der Waals surface area contributed by atoms with E-state index in [0.717, 1.165) is 18.2 Å². The summed E-state index contributed by atoms with van der Waals surface area (Å²) in [4.78, 5) is 5.18. The summed E-state index contributed by atoms with van der Waals surface area (Å²) in [6, 6.07) is 13.3. The molecule has 2 unspecified atom stereocenters. The molecule has 0 fully saturated rings. The fourth-order valence-corrected chi connectivity index (χ4v) is 5.32. The van der Waals surface area contributed by atoms with Crippen molar-refractivity contribution in [3.63, 3.8) is 0 Å². The van der Waals surface area contributed by atoms with Gasteiger partial charge in [-0.25, -0.2) is 17.4 Å². The number of oxime groups is 1. The maximum absolute atomic E-state index is 14.2. The van der Waals surface area contributed by atoms with E-state index in [0.29, 0.717) is 11.1 Å². The van der Waals surface area contributed by atoms with E-state index in [4.69, 9.17) is 28.0 Å². The maximum atomic E-state index is 14.2. The normalized spacial score (nSPS) is 19.4. The number of nitrogens with zero attached hydrogens (tertiary/aromatic N) is 2. The zero-order valence-electron chi connectivity index (χ0n) is 18.5. The van der Waals surface area contributed by atoms with Crippen molar-refractivity contribution in [1.29, 1.82) is 0 Å². The average Bonchev–Trinajstić information content (AvgIpc) is 3.28. The molecule has 0 aromatic heterocycles. The molecule has 0 saturated heterocycles. The van der Waals surface area contributed by atoms with Crippen molar-refractivity contribution >= 4 is 38.6 Å². The van der Waals surface area contributed by atoms with E-state index in [1.807, 2.05) is 0 Å². The highest BCUT2D eigenvalue weighted by Gasteiger charge is 2.62. The third-order valence-corrected chi connectivity index (χ3v) is 7.95. The van der Waals surface area contributed by atoms with Crippen LogP contribution in [0.5, 0.6) is 0 Å². The first-order valence-electron chi connectivity index (χ1n) is 10.3. The number of hydrogen-bond donors (Lipinski definition) is 0. The number of halogens is 7. The molecule has 0 saturated carbocycles. The van der Waals surface area contributed by atoms with Crippen molar-refractivity contribution in [2.24, 2.45) is 9.52 Å². The Morgan fingerprint density at radius 3 is 2.28 bits per heavy atom. The minimum atomic E-state index is -4.92. The van der Waals surface area contributed by atoms with Gasteiger partial charge in [-0.3, -0.25) is 0 Å². The molecule has 0 amide bonds. The quantitative estimate of drug-likeness (QED) is 0.238. The molecule has 0 bridgehead atoms. The molecule has 1 aliphatic rings. The number of benzene rings is 3. The van der Waals surface area contributed by atoms with Gasteiger partial charge >= 0.3 is 6.18 Å². The van der Waals surface area contributed by atoms with Gasteiger partial charge in [-0.15, -0.1) is 0 Å². The largest absolute Gasteiger partial charge is 0.435 e. The second-order valence-corrected chi connectivity index (χ2v) is 11.3. The van der Waals surface area contributed by atoms with Gasteiger partial charge < -0.3 is 4.84 Å². The van der Waals surface area contributed by atoms with Crippen molar-refractivity contribution in [2.75, 3.05) is 6.26 Å². The van der Waals surface area contributed by atoms with Crippen LogP contribution in [0.2, 0.25) is 10.0 Å². The summed E-state index contributed by atoms with van der Waals surface area (Å²) >= 11 is 11.4. The van der Waals surface area contributed by atoms with Gasteiger partial charge in [0.1, 0.15) is 5.82 Å². The smallest absolute Gasteiger partial charge is 0.374 e. The third-order valence-electron chi connectivity index (χ3n) is 5.65. The summed E-state index contributed by atoms with van der Waals surface area (Å²) in [5.41, 5.74) is -2.38. The summed E-state index contributed by atoms with van der Waals surface area (Å²) < 4.78 is 86.7. The van der Waals surface area contributed by atoms with Crippen molar-refractivity contribution < 1.29 is 31.0 Å². The molecule has 0 aliphatic carbocycles. The molecule has 0 spiro atoms. The predicted molar refractivity (Wildman–Crippen MR) is 128 cm³/mol. The maximum Gasteiger partial charge on any atom is 0.435 e. The van der Waals surface area contributed by atoms with Crippen LogP contribution in [-0.2, 0) is 26.7 Å². The van der Waals surface area contributed by atoms with Gasteiger partial charge in [0.2, 0.25) is 0 Å². The van der Waals surface area contributed by atoms with E-state index in [9.17, 15) is 26.2 Å². The summed E-state index contributed by atoms with van der Waals surface area (Å²) in [6.07, 6.45) is -4.22. The standard InChI is InChI=1S/C24H17Cl2F5N2O2S/c1-36(34,18-4-2-3-17(27)11-18)32-13-14-5-7-15(8-6-14)21-12-23(35-33-21,24(29,30)31)16-9-19(25)22(28)20(26)10-16/h2-11H,12-13H2,1H3. The lowest BCUT2D eigenvalue weighted by Crippen LogP contribution is -2.42. The number of rotatable bonds is 5. The van der Waals surface area contributed by atoms with Crippen LogP contribution >= 0.6 is 23.2 Å². The van der Waals surface area contributed by atoms with Crippen LogP contribution in [0.1, 0.15) is 23.1 Å². The van der Waals surface area contributed by atoms with Gasteiger partial charge in [-0.05, 0) is 41.5 Å². The molecule has 2 atom stereocenters. The summed E-state index contributed by atoms with van der Waals surface area (Å²) in [6.45, 7) is 0.0359. The van der Waals surface area contributed by atoms with Gasteiger partial charge in [0.25, 0.3) is 5.60 Å². The molecule has 1 heterocycles. The first-order valence-corrected chi connectivity index (χ1v) is 13.0. The zero-order chi connectivity index (χ0) is 26.3. The molecule has 0 radical (unpaired) electrons. The van der Waals surface area contributed by atoms with Crippen LogP contribution in [0, 0.1) is 11.6 Å². The number of alkyl halides is 3. The van der Waals surface area contributed by atoms with Crippen LogP contribution in [0.3, 0.4) is 0 Å². The van der Waals surface area contributed by atoms with Gasteiger partial charge in [-0.1, -0.05) is 58.7 Å². The van der Waals surface area contributed by atoms with E-state index in [1.54, 1.807) is 12.1 Å². The minimum absolute atomic E-state index is 0.00596. The Bertz CT molecular complexity index is 1450. The van der Waals surface area contributed by atoms with E-state index in [1.165, 1.54) is 36.6 Å². The van der Waals surface area contributed by atoms with Gasteiger partial charge in [0, 0.05) is 18.2 Å². The zero-order valence-corrected chi connectivity index (χ0v) is 20.8. The first kappa shape index (κ1) is 26.4. The molecule has 12 heteroatoms. The predicted octanol–water partition coefficient (Wildman–Crippen LogP) is 7.51. The van der Waals surface area contributed by atoms with E-state index < -0.39 is 55.2 Å². The second kappa shape index (κ2) is 9.64.